The Morgan fingerprint density at radius 1 is 0.683 bits per heavy atom. The number of ether oxygens (including phenoxy) is 1. The van der Waals surface area contributed by atoms with Gasteiger partial charge >= 0.3 is 118 Å². The predicted molar refractivity (Wildman–Crippen MR) is 195 cm³/mol. The van der Waals surface area contributed by atoms with Crippen LogP contribution >= 0.6 is 36.7 Å². The molecule has 63 heavy (non-hydrogen) atoms. The minimum atomic E-state index is -4.86. The minimum Gasteiger partial charge on any atom is -0.747 e. The van der Waals surface area contributed by atoms with E-state index in [2.05, 4.69) is 53.9 Å². The van der Waals surface area contributed by atoms with E-state index < -0.39 is 66.1 Å². The molecule has 0 atom stereocenters. The normalized spacial score (nSPS) is 11.8. The van der Waals surface area contributed by atoms with Gasteiger partial charge in [-0.3, -0.25) is 23.5 Å². The number of rotatable bonds is 25. The van der Waals surface area contributed by atoms with E-state index in [-0.39, 0.29) is 215 Å². The quantitative estimate of drug-likeness (QED) is 0.0118. The second-order valence-corrected chi connectivity index (χ2v) is 18.0. The van der Waals surface area contributed by atoms with Gasteiger partial charge in [0.25, 0.3) is 0 Å². The molecule has 0 spiro atoms. The van der Waals surface area contributed by atoms with Crippen molar-refractivity contribution in [3.05, 3.63) is 60.7 Å². The van der Waals surface area contributed by atoms with Crippen LogP contribution in [0, 0.1) is 0 Å². The molecule has 2 N–H and O–H groups in total. The Morgan fingerprint density at radius 2 is 1.27 bits per heavy atom. The van der Waals surface area contributed by atoms with Crippen molar-refractivity contribution in [2.24, 2.45) is 20.5 Å². The summed E-state index contributed by atoms with van der Waals surface area (Å²) >= 11 is 0.470. The minimum absolute atomic E-state index is 0. The Hall–Kier alpha value is 0.160. The number of phenolic OH excluding ortho intramolecular Hbond substituents is 1. The average molecular weight is 1040 g/mol. The first kappa shape index (κ1) is 63.2. The Bertz CT molecular complexity index is 2480. The van der Waals surface area contributed by atoms with Gasteiger partial charge in [0.1, 0.15) is 38.8 Å². The zero-order valence-electron chi connectivity index (χ0n) is 33.3. The van der Waals surface area contributed by atoms with Crippen LogP contribution < -0.4 is 144 Å². The number of hydrogen-bond donors (Lipinski definition) is 2. The SMILES string of the molecule is COc1ccc(S(=O)(=O)CCOSOO[O-])cc1N=Nc1c(SOO[O-])cc2c(N=Nc3cccc(S(=O)(=O)CCOSOO[O-])c3)c(NCS(=O)(=O)[O-])ccc2c1O.[Na+].[Na+].[Na+].[Na+]. The van der Waals surface area contributed by atoms with Crippen molar-refractivity contribution >= 4 is 106 Å². The van der Waals surface area contributed by atoms with E-state index in [4.69, 9.17) is 13.1 Å². The Morgan fingerprint density at radius 3 is 1.84 bits per heavy atom. The van der Waals surface area contributed by atoms with Crippen molar-refractivity contribution in [3.8, 4) is 11.5 Å². The summed E-state index contributed by atoms with van der Waals surface area (Å²) in [6, 6.07) is 12.4. The van der Waals surface area contributed by atoms with E-state index in [1.54, 1.807) is 0 Å². The fourth-order valence-corrected chi connectivity index (χ4v) is 8.26. The van der Waals surface area contributed by atoms with Crippen molar-refractivity contribution in [2.45, 2.75) is 14.7 Å². The van der Waals surface area contributed by atoms with Crippen LogP contribution in [0.5, 0.6) is 11.5 Å². The van der Waals surface area contributed by atoms with Crippen molar-refractivity contribution in [1.29, 1.82) is 0 Å². The molecule has 0 amide bonds. The first-order chi connectivity index (χ1) is 28.1. The molecule has 0 bridgehead atoms. The number of methoxy groups -OCH3 is 1. The summed E-state index contributed by atoms with van der Waals surface area (Å²) in [4.78, 5) is -0.669. The van der Waals surface area contributed by atoms with Gasteiger partial charge in [0, 0.05) is 10.8 Å². The second-order valence-electron chi connectivity index (χ2n) is 10.6. The number of azo groups is 2. The van der Waals surface area contributed by atoms with Crippen molar-refractivity contribution in [2.75, 3.05) is 43.0 Å². The molecule has 4 rings (SSSR count). The summed E-state index contributed by atoms with van der Waals surface area (Å²) in [5.41, 5.74) is -0.909. The van der Waals surface area contributed by atoms with Gasteiger partial charge in [0.05, 0.1) is 69.9 Å². The standard InChI is InChI=1S/C28H29N5O20S6.4Na/c1-45-24-8-5-19(58(40,41)12-10-47-56-53-50-37)14-23(24)31-33-27-25(54-51-48-35)15-21-20(28(27)34)6-7-22(29-16-59(42,43)44)26(21)32-30-17-3-2-4-18(13-17)57(38,39)11-9-46-55-52-49-36;;;;/h2-8,13-15,29,34-37H,9-12,16H2,1H3,(H,42,43,44);;;;/q;4*+1/p-4. The maximum Gasteiger partial charge on any atom is 1.00 e. The Labute approximate surface area is 460 Å². The van der Waals surface area contributed by atoms with Crippen LogP contribution in [-0.4, -0.2) is 72.6 Å². The molecule has 0 fully saturated rings. The third-order valence-corrected chi connectivity index (χ3v) is 12.3. The summed E-state index contributed by atoms with van der Waals surface area (Å²) in [6.45, 7) is -0.820. The third kappa shape index (κ3) is 20.0. The predicted octanol–water partition coefficient (Wildman–Crippen LogP) is -9.30. The molecule has 322 valence electrons. The average Bonchev–Trinajstić information content (AvgIpc) is 3.20. The molecule has 35 heteroatoms. The number of nitrogens with zero attached hydrogens (tertiary/aromatic N) is 4. The van der Waals surface area contributed by atoms with Gasteiger partial charge in [-0.1, -0.05) is 6.07 Å². The second kappa shape index (κ2) is 31.3. The molecule has 0 aromatic heterocycles. The van der Waals surface area contributed by atoms with Crippen molar-refractivity contribution in [1.82, 2.24) is 0 Å². The zero-order valence-corrected chi connectivity index (χ0v) is 46.2. The smallest absolute Gasteiger partial charge is 0.747 e. The topological polar surface area (TPSA) is 359 Å². The Kier molecular flexibility index (Phi) is 31.4. The van der Waals surface area contributed by atoms with E-state index in [1.165, 1.54) is 55.6 Å². The van der Waals surface area contributed by atoms with Gasteiger partial charge in [-0.2, -0.15) is 9.45 Å². The number of hydrogen-bond acceptors (Lipinski definition) is 28. The first-order valence-electron chi connectivity index (χ1n) is 15.3. The van der Waals surface area contributed by atoms with E-state index >= 15 is 0 Å². The van der Waals surface area contributed by atoms with Gasteiger partial charge in [-0.05, 0) is 54.6 Å². The van der Waals surface area contributed by atoms with Gasteiger partial charge in [0.15, 0.2) is 50.1 Å². The number of aromatic hydroxyl groups is 1. The molecular weight excluding hydrogens is 1010 g/mol. The van der Waals surface area contributed by atoms with E-state index in [0.29, 0.717) is 0 Å². The van der Waals surface area contributed by atoms with E-state index in [1.807, 2.05) is 0 Å². The number of anilines is 1. The molecule has 0 radical (unpaired) electrons. The van der Waals surface area contributed by atoms with Crippen LogP contribution in [0.2, 0.25) is 0 Å². The molecule has 4 aromatic rings. The van der Waals surface area contributed by atoms with Gasteiger partial charge in [-0.15, -0.1) is 24.0 Å². The summed E-state index contributed by atoms with van der Waals surface area (Å²) in [5.74, 6) is -2.86. The molecule has 0 heterocycles. The maximum atomic E-state index is 12.9. The summed E-state index contributed by atoms with van der Waals surface area (Å²) in [5, 5.41) is 70.5. The molecule has 0 saturated carbocycles. The number of phenols is 1. The Balaban J connectivity index is 0.00000961. The fraction of sp³-hybridized carbons (Fsp3) is 0.214. The van der Waals surface area contributed by atoms with Crippen molar-refractivity contribution in [3.63, 3.8) is 0 Å². The summed E-state index contributed by atoms with van der Waals surface area (Å²) < 4.78 is 113. The van der Waals surface area contributed by atoms with E-state index in [0.717, 1.165) is 12.1 Å². The molecular formula is C28H25N5Na4O20S6. The zero-order chi connectivity index (χ0) is 43.1. The molecule has 0 aliphatic heterocycles. The number of fused-ring (bicyclic) bond motifs is 1. The summed E-state index contributed by atoms with van der Waals surface area (Å²) in [7, 11) is -11.6. The maximum absolute atomic E-state index is 12.9. The van der Waals surface area contributed by atoms with Gasteiger partial charge < -0.3 is 35.5 Å². The van der Waals surface area contributed by atoms with E-state index in [9.17, 15) is 50.7 Å². The number of nitrogens with one attached hydrogen (secondary N) is 1. The first-order valence-corrected chi connectivity index (χ1v) is 22.3. The third-order valence-electron chi connectivity index (χ3n) is 7.08. The molecule has 25 nitrogen and oxygen atoms in total. The van der Waals surface area contributed by atoms with Crippen LogP contribution in [0.25, 0.3) is 10.8 Å². The monoisotopic (exact) mass is 1030 g/mol. The fourth-order valence-electron chi connectivity index (χ4n) is 4.58. The van der Waals surface area contributed by atoms with Crippen LogP contribution in [0.15, 0.2) is 95.8 Å². The van der Waals surface area contributed by atoms with Gasteiger partial charge in [-0.25, -0.2) is 25.3 Å². The van der Waals surface area contributed by atoms with Crippen molar-refractivity contribution < 1.29 is 210 Å². The molecule has 4 aromatic carbocycles. The summed E-state index contributed by atoms with van der Waals surface area (Å²) in [6.07, 6.45) is 0. The van der Waals surface area contributed by atoms with Crippen LogP contribution in [0.4, 0.5) is 28.4 Å². The van der Waals surface area contributed by atoms with Crippen LogP contribution in [0.3, 0.4) is 0 Å². The van der Waals surface area contributed by atoms with Gasteiger partial charge in [0.2, 0.25) is 0 Å². The van der Waals surface area contributed by atoms with Crippen LogP contribution in [-0.2, 0) is 66.3 Å². The number of sulfone groups is 2. The number of benzene rings is 4. The molecule has 0 unspecified atom stereocenters. The molecule has 0 aliphatic carbocycles. The largest absolute Gasteiger partial charge is 1.00 e. The molecule has 0 saturated heterocycles. The van der Waals surface area contributed by atoms with Crippen LogP contribution in [0.1, 0.15) is 0 Å². The molecule has 0 aliphatic rings.